The van der Waals surface area contributed by atoms with Gasteiger partial charge in [-0.15, -0.1) is 0 Å². The van der Waals surface area contributed by atoms with Gasteiger partial charge in [0.2, 0.25) is 0 Å². The zero-order valence-corrected chi connectivity index (χ0v) is 16.0. The topological polar surface area (TPSA) is 9.23 Å². The van der Waals surface area contributed by atoms with E-state index in [1.54, 1.807) is 5.57 Å². The van der Waals surface area contributed by atoms with Crippen LogP contribution < -0.4 is 0 Å². The second-order valence-corrected chi connectivity index (χ2v) is 9.68. The summed E-state index contributed by atoms with van der Waals surface area (Å²) in [7, 11) is 0. The van der Waals surface area contributed by atoms with Gasteiger partial charge in [0.15, 0.2) is 0 Å². The molecular formula is C23H18GeO. The van der Waals surface area contributed by atoms with Gasteiger partial charge in [-0.3, -0.25) is 0 Å². The van der Waals surface area contributed by atoms with Crippen LogP contribution in [-0.2, 0) is 3.76 Å². The number of hydrogen-bond donors (Lipinski definition) is 0. The molecule has 4 aliphatic rings. The summed E-state index contributed by atoms with van der Waals surface area (Å²) in [6.45, 7) is 0. The average Bonchev–Trinajstić information content (AvgIpc) is 3.41. The van der Waals surface area contributed by atoms with Crippen LogP contribution in [0.15, 0.2) is 78.4 Å². The minimum atomic E-state index is -0.423. The van der Waals surface area contributed by atoms with Crippen LogP contribution in [0.4, 0.5) is 0 Å². The summed E-state index contributed by atoms with van der Waals surface area (Å²) in [6.07, 6.45) is 8.48. The standard InChI is InChI=1S/C23H18GeO/c1-2-7-14(8-3-1)18-13-19(18)23-22-17-10-5-4-9-15(17)16-11-6-12-20(21(16)22)24-25-23/h1-12,18-20,23H,13H2/t18-,19+,20?,23-/m1/s1. The van der Waals surface area contributed by atoms with Crippen molar-refractivity contribution in [1.29, 1.82) is 0 Å². The first kappa shape index (κ1) is 14.3. The van der Waals surface area contributed by atoms with E-state index in [9.17, 15) is 0 Å². The van der Waals surface area contributed by atoms with Gasteiger partial charge in [0.05, 0.1) is 0 Å². The molecule has 4 atom stereocenters. The zero-order chi connectivity index (χ0) is 16.4. The molecule has 0 amide bonds. The predicted octanol–water partition coefficient (Wildman–Crippen LogP) is 5.02. The Hall–Kier alpha value is -1.84. The van der Waals surface area contributed by atoms with Gasteiger partial charge in [-0.25, -0.2) is 0 Å². The summed E-state index contributed by atoms with van der Waals surface area (Å²) in [5, 5.41) is 0. The van der Waals surface area contributed by atoms with E-state index in [4.69, 9.17) is 3.76 Å². The monoisotopic (exact) mass is 384 g/mol. The van der Waals surface area contributed by atoms with Crippen molar-refractivity contribution in [2.75, 3.05) is 0 Å². The molecule has 1 aliphatic heterocycles. The third-order valence-electron chi connectivity index (χ3n) is 6.03. The Morgan fingerprint density at radius 3 is 2.56 bits per heavy atom. The molecule has 1 heterocycles. The number of rotatable bonds is 2. The maximum absolute atomic E-state index is 6.60. The molecule has 0 saturated heterocycles. The summed E-state index contributed by atoms with van der Waals surface area (Å²) < 4.78 is 7.15. The van der Waals surface area contributed by atoms with E-state index in [1.807, 2.05) is 0 Å². The SMILES string of the molecule is C1=C[CH]2[Ge][O][C@H]([C@H]3C[C@@H]3c3ccccc3)C3=C2C(=C1)c1ccccc13. The zero-order valence-electron chi connectivity index (χ0n) is 13.9. The molecular weight excluding hydrogens is 365 g/mol. The van der Waals surface area contributed by atoms with Crippen LogP contribution in [0.2, 0.25) is 4.75 Å². The molecule has 1 saturated carbocycles. The summed E-state index contributed by atoms with van der Waals surface area (Å²) in [5.74, 6) is 1.31. The Labute approximate surface area is 154 Å². The molecule has 1 nitrogen and oxygen atoms in total. The number of benzene rings is 2. The van der Waals surface area contributed by atoms with Crippen LogP contribution in [0.5, 0.6) is 0 Å². The molecule has 2 heteroatoms. The van der Waals surface area contributed by atoms with Gasteiger partial charge in [-0.1, -0.05) is 0 Å². The van der Waals surface area contributed by atoms with E-state index >= 15 is 0 Å². The van der Waals surface area contributed by atoms with E-state index in [0.29, 0.717) is 22.7 Å². The van der Waals surface area contributed by atoms with Gasteiger partial charge in [0, 0.05) is 0 Å². The molecule has 25 heavy (non-hydrogen) atoms. The number of hydrogen-bond acceptors (Lipinski definition) is 1. The number of fused-ring (bicyclic) bond motifs is 3. The van der Waals surface area contributed by atoms with Crippen molar-refractivity contribution in [1.82, 2.24) is 0 Å². The van der Waals surface area contributed by atoms with Crippen molar-refractivity contribution in [2.24, 2.45) is 5.92 Å². The van der Waals surface area contributed by atoms with Gasteiger partial charge in [-0.05, 0) is 0 Å². The molecule has 1 fully saturated rings. The second kappa shape index (κ2) is 5.33. The van der Waals surface area contributed by atoms with E-state index in [1.165, 1.54) is 34.3 Å². The van der Waals surface area contributed by atoms with Crippen LogP contribution in [0.1, 0.15) is 29.0 Å². The van der Waals surface area contributed by atoms with Crippen molar-refractivity contribution < 1.29 is 3.76 Å². The molecule has 0 aromatic heterocycles. The Kier molecular flexibility index (Phi) is 3.06. The third-order valence-corrected chi connectivity index (χ3v) is 8.39. The fraction of sp³-hybridized carbons (Fsp3) is 0.217. The molecule has 2 aromatic carbocycles. The van der Waals surface area contributed by atoms with Gasteiger partial charge >= 0.3 is 155 Å². The van der Waals surface area contributed by atoms with E-state index < -0.39 is 15.8 Å². The van der Waals surface area contributed by atoms with Crippen molar-refractivity contribution in [3.05, 3.63) is 95.1 Å². The van der Waals surface area contributed by atoms with Gasteiger partial charge in [0.25, 0.3) is 0 Å². The van der Waals surface area contributed by atoms with Crippen LogP contribution in [0, 0.1) is 5.92 Å². The van der Waals surface area contributed by atoms with Crippen LogP contribution in [-0.4, -0.2) is 21.9 Å². The molecule has 0 N–H and O–H groups in total. The van der Waals surface area contributed by atoms with Gasteiger partial charge < -0.3 is 0 Å². The molecule has 120 valence electrons. The quantitative estimate of drug-likeness (QED) is 0.663. The molecule has 2 radical (unpaired) electrons. The minimum absolute atomic E-state index is 0.301. The molecule has 3 aliphatic carbocycles. The van der Waals surface area contributed by atoms with E-state index in [2.05, 4.69) is 72.8 Å². The Morgan fingerprint density at radius 2 is 1.68 bits per heavy atom. The predicted molar refractivity (Wildman–Crippen MR) is 102 cm³/mol. The summed E-state index contributed by atoms with van der Waals surface area (Å²) in [6, 6.07) is 19.9. The summed E-state index contributed by atoms with van der Waals surface area (Å²) >= 11 is -0.423. The van der Waals surface area contributed by atoms with Crippen LogP contribution in [0.25, 0.3) is 11.1 Å². The summed E-state index contributed by atoms with van der Waals surface area (Å²) in [4.78, 5) is 0. The summed E-state index contributed by atoms with van der Waals surface area (Å²) in [5.41, 5.74) is 8.89. The first-order valence-corrected chi connectivity index (χ1v) is 11.2. The fourth-order valence-electron chi connectivity index (χ4n) is 4.81. The van der Waals surface area contributed by atoms with E-state index in [0.717, 1.165) is 0 Å². The molecule has 6 rings (SSSR count). The second-order valence-electron chi connectivity index (χ2n) is 7.39. The maximum atomic E-state index is 6.60. The number of allylic oxidation sites excluding steroid dienone is 5. The van der Waals surface area contributed by atoms with Crippen LogP contribution in [0.3, 0.4) is 0 Å². The van der Waals surface area contributed by atoms with Gasteiger partial charge in [0.1, 0.15) is 0 Å². The average molecular weight is 383 g/mol. The first-order valence-electron chi connectivity index (χ1n) is 9.10. The molecule has 1 unspecified atom stereocenters. The Morgan fingerprint density at radius 1 is 0.880 bits per heavy atom. The van der Waals surface area contributed by atoms with Crippen molar-refractivity contribution in [3.63, 3.8) is 0 Å². The molecule has 0 bridgehead atoms. The fourth-order valence-corrected chi connectivity index (χ4v) is 7.33. The van der Waals surface area contributed by atoms with E-state index in [-0.39, 0.29) is 0 Å². The van der Waals surface area contributed by atoms with Crippen molar-refractivity contribution in [2.45, 2.75) is 23.2 Å². The molecule has 2 aromatic rings. The molecule has 0 spiro atoms. The van der Waals surface area contributed by atoms with Crippen molar-refractivity contribution >= 4 is 26.9 Å². The van der Waals surface area contributed by atoms with Crippen LogP contribution >= 0.6 is 0 Å². The Bertz CT molecular complexity index is 953. The third kappa shape index (κ3) is 2.06. The first-order chi connectivity index (χ1) is 12.4. The van der Waals surface area contributed by atoms with Crippen molar-refractivity contribution in [3.8, 4) is 0 Å². The van der Waals surface area contributed by atoms with Gasteiger partial charge in [-0.2, -0.15) is 0 Å². The Balaban J connectivity index is 1.44. The normalized spacial score (nSPS) is 31.4.